The number of thioether (sulfide) groups is 1. The molecule has 2 N–H and O–H groups in total. The van der Waals surface area contributed by atoms with Crippen molar-refractivity contribution in [2.45, 2.75) is 30.2 Å². The zero-order valence-electron chi connectivity index (χ0n) is 17.3. The van der Waals surface area contributed by atoms with E-state index in [-0.39, 0.29) is 24.2 Å². The molecule has 0 saturated heterocycles. The van der Waals surface area contributed by atoms with Gasteiger partial charge in [0.05, 0.1) is 26.5 Å². The number of nitrogens with zero attached hydrogens (tertiary/aromatic N) is 1. The average Bonchev–Trinajstić information content (AvgIpc) is 3.51. The molecule has 1 fully saturated rings. The van der Waals surface area contributed by atoms with Crippen LogP contribution >= 0.6 is 23.1 Å². The van der Waals surface area contributed by atoms with Gasteiger partial charge in [-0.3, -0.25) is 9.59 Å². The molecule has 1 aromatic heterocycles. The Morgan fingerprint density at radius 1 is 1.06 bits per heavy atom. The number of carbonyl (C=O) groups is 3. The van der Waals surface area contributed by atoms with Crippen LogP contribution in [0.15, 0.2) is 53.4 Å². The number of para-hydroxylation sites is 1. The summed E-state index contributed by atoms with van der Waals surface area (Å²) in [5.74, 6) is -0.772. The van der Waals surface area contributed by atoms with Crippen molar-refractivity contribution in [3.8, 4) is 0 Å². The highest BCUT2D eigenvalue weighted by atomic mass is 32.2. The summed E-state index contributed by atoms with van der Waals surface area (Å²) in [7, 11) is 0. The molecule has 3 aromatic rings. The first kappa shape index (κ1) is 22.3. The summed E-state index contributed by atoms with van der Waals surface area (Å²) in [6, 6.07) is 15.1. The number of carbonyl (C=O) groups excluding carboxylic acids is 3. The Balaban J connectivity index is 1.21. The lowest BCUT2D eigenvalue weighted by atomic mass is 10.2. The second-order valence-electron chi connectivity index (χ2n) is 7.38. The predicted molar refractivity (Wildman–Crippen MR) is 125 cm³/mol. The van der Waals surface area contributed by atoms with Crippen LogP contribution in [0.4, 0.5) is 0 Å². The van der Waals surface area contributed by atoms with Gasteiger partial charge < -0.3 is 15.4 Å². The van der Waals surface area contributed by atoms with Gasteiger partial charge in [0.2, 0.25) is 5.91 Å². The second-order valence-corrected chi connectivity index (χ2v) is 9.51. The fourth-order valence-electron chi connectivity index (χ4n) is 3.00. The van der Waals surface area contributed by atoms with Gasteiger partial charge >= 0.3 is 5.97 Å². The molecule has 0 unspecified atom stereocenters. The molecule has 9 heteroatoms. The molecule has 0 aliphatic heterocycles. The van der Waals surface area contributed by atoms with E-state index in [0.717, 1.165) is 28.1 Å². The fraction of sp³-hybridized carbons (Fsp3) is 0.304. The largest absolute Gasteiger partial charge is 0.452 e. The summed E-state index contributed by atoms with van der Waals surface area (Å²) in [5.41, 5.74) is 1.30. The molecular weight excluding hydrogens is 446 g/mol. The number of hydrogen-bond donors (Lipinski definition) is 2. The average molecular weight is 470 g/mol. The Morgan fingerprint density at radius 3 is 2.66 bits per heavy atom. The van der Waals surface area contributed by atoms with Gasteiger partial charge in [0, 0.05) is 23.9 Å². The van der Waals surface area contributed by atoms with E-state index in [0.29, 0.717) is 29.5 Å². The van der Waals surface area contributed by atoms with E-state index in [4.69, 9.17) is 4.74 Å². The molecule has 0 spiro atoms. The van der Waals surface area contributed by atoms with E-state index < -0.39 is 5.97 Å². The summed E-state index contributed by atoms with van der Waals surface area (Å²) in [4.78, 5) is 41.7. The Labute approximate surface area is 193 Å². The highest BCUT2D eigenvalue weighted by Crippen LogP contribution is 2.24. The molecule has 166 valence electrons. The predicted octanol–water partition coefficient (Wildman–Crippen LogP) is 3.18. The highest BCUT2D eigenvalue weighted by molar-refractivity contribution is 8.00. The molecule has 0 bridgehead atoms. The van der Waals surface area contributed by atoms with Gasteiger partial charge in [-0.1, -0.05) is 24.3 Å². The molecule has 1 saturated carbocycles. The maximum Gasteiger partial charge on any atom is 0.339 e. The molecule has 1 aliphatic carbocycles. The lowest BCUT2D eigenvalue weighted by Crippen LogP contribution is -2.30. The van der Waals surface area contributed by atoms with Gasteiger partial charge in [-0.15, -0.1) is 23.1 Å². The summed E-state index contributed by atoms with van der Waals surface area (Å²) < 4.78 is 6.30. The third-order valence-corrected chi connectivity index (χ3v) is 6.91. The smallest absolute Gasteiger partial charge is 0.339 e. The first-order chi connectivity index (χ1) is 15.6. The molecule has 2 aromatic carbocycles. The Kier molecular flexibility index (Phi) is 7.39. The number of nitrogens with one attached hydrogen (secondary N) is 2. The number of ether oxygens (including phenoxy) is 1. The maximum atomic E-state index is 12.5. The zero-order chi connectivity index (χ0) is 22.3. The minimum absolute atomic E-state index is 0.0480. The molecule has 1 aliphatic rings. The van der Waals surface area contributed by atoms with Crippen LogP contribution in [0.5, 0.6) is 0 Å². The number of aromatic nitrogens is 1. The van der Waals surface area contributed by atoms with Crippen LogP contribution in [0.1, 0.15) is 28.2 Å². The number of esters is 1. The fourth-order valence-corrected chi connectivity index (χ4v) is 4.82. The maximum absolute atomic E-state index is 12.5. The van der Waals surface area contributed by atoms with Crippen LogP contribution in [0, 0.1) is 0 Å². The van der Waals surface area contributed by atoms with Crippen LogP contribution < -0.4 is 10.6 Å². The summed E-state index contributed by atoms with van der Waals surface area (Å²) in [6.45, 7) is 0.0542. The van der Waals surface area contributed by atoms with Crippen molar-refractivity contribution in [3.63, 3.8) is 0 Å². The minimum atomic E-state index is -0.586. The van der Waals surface area contributed by atoms with Crippen molar-refractivity contribution in [2.24, 2.45) is 0 Å². The molecule has 2 amide bonds. The third kappa shape index (κ3) is 6.30. The molecular formula is C23H23N3O4S2. The summed E-state index contributed by atoms with van der Waals surface area (Å²) >= 11 is 2.88. The topological polar surface area (TPSA) is 97.4 Å². The lowest BCUT2D eigenvalue weighted by Gasteiger charge is -2.10. The van der Waals surface area contributed by atoms with Crippen LogP contribution in [0.25, 0.3) is 10.2 Å². The van der Waals surface area contributed by atoms with Gasteiger partial charge in [0.15, 0.2) is 6.61 Å². The number of thiazole rings is 1. The van der Waals surface area contributed by atoms with E-state index in [2.05, 4.69) is 15.6 Å². The van der Waals surface area contributed by atoms with Crippen LogP contribution in [-0.4, -0.2) is 47.7 Å². The number of benzene rings is 2. The Bertz CT molecular complexity index is 1090. The zero-order valence-corrected chi connectivity index (χ0v) is 19.0. The lowest BCUT2D eigenvalue weighted by molar-refractivity contribution is -0.124. The van der Waals surface area contributed by atoms with Crippen LogP contribution in [-0.2, 0) is 20.7 Å². The Hall–Kier alpha value is -2.91. The first-order valence-corrected chi connectivity index (χ1v) is 12.2. The van der Waals surface area contributed by atoms with E-state index >= 15 is 0 Å². The number of hydrogen-bond acceptors (Lipinski definition) is 7. The quantitative estimate of drug-likeness (QED) is 0.350. The van der Waals surface area contributed by atoms with E-state index in [1.807, 2.05) is 24.3 Å². The highest BCUT2D eigenvalue weighted by Gasteiger charge is 2.23. The van der Waals surface area contributed by atoms with E-state index in [1.54, 1.807) is 35.6 Å². The normalized spacial score (nSPS) is 13.0. The van der Waals surface area contributed by atoms with Crippen molar-refractivity contribution in [1.82, 2.24) is 15.6 Å². The molecule has 0 radical (unpaired) electrons. The summed E-state index contributed by atoms with van der Waals surface area (Å²) in [5, 5.41) is 6.62. The Morgan fingerprint density at radius 2 is 1.84 bits per heavy atom. The SMILES string of the molecule is O=C(COC(=O)c1ccccc1SCC(=O)NC1CC1)NCCc1nc2ccccc2s1. The van der Waals surface area contributed by atoms with Gasteiger partial charge in [0.1, 0.15) is 0 Å². The number of fused-ring (bicyclic) bond motifs is 1. The van der Waals surface area contributed by atoms with Crippen molar-refractivity contribution >= 4 is 51.1 Å². The van der Waals surface area contributed by atoms with E-state index in [1.165, 1.54) is 11.8 Å². The first-order valence-electron chi connectivity index (χ1n) is 10.4. The van der Waals surface area contributed by atoms with Crippen molar-refractivity contribution in [2.75, 3.05) is 18.9 Å². The van der Waals surface area contributed by atoms with Crippen molar-refractivity contribution < 1.29 is 19.1 Å². The van der Waals surface area contributed by atoms with Gasteiger partial charge in [0.25, 0.3) is 5.91 Å². The second kappa shape index (κ2) is 10.6. The van der Waals surface area contributed by atoms with Crippen molar-refractivity contribution in [3.05, 3.63) is 59.1 Å². The number of rotatable bonds is 10. The molecule has 0 atom stereocenters. The molecule has 32 heavy (non-hydrogen) atoms. The minimum Gasteiger partial charge on any atom is -0.452 e. The van der Waals surface area contributed by atoms with Crippen LogP contribution in [0.2, 0.25) is 0 Å². The van der Waals surface area contributed by atoms with Crippen LogP contribution in [0.3, 0.4) is 0 Å². The van der Waals surface area contributed by atoms with Gasteiger partial charge in [-0.05, 0) is 37.1 Å². The third-order valence-electron chi connectivity index (χ3n) is 4.74. The van der Waals surface area contributed by atoms with E-state index in [9.17, 15) is 14.4 Å². The number of amides is 2. The van der Waals surface area contributed by atoms with Crippen molar-refractivity contribution in [1.29, 1.82) is 0 Å². The standard InChI is InChI=1S/C23H23N3O4S2/c27-20(24-12-11-22-26-17-6-2-4-8-19(17)32-22)13-30-23(29)16-5-1-3-7-18(16)31-14-21(28)25-15-9-10-15/h1-8,15H,9-14H2,(H,24,27)(H,25,28). The molecule has 7 nitrogen and oxygen atoms in total. The molecule has 1 heterocycles. The molecule has 4 rings (SSSR count). The van der Waals surface area contributed by atoms with Gasteiger partial charge in [-0.25, -0.2) is 9.78 Å². The van der Waals surface area contributed by atoms with Gasteiger partial charge in [-0.2, -0.15) is 0 Å². The summed E-state index contributed by atoms with van der Waals surface area (Å²) in [6.07, 6.45) is 2.67. The monoisotopic (exact) mass is 469 g/mol.